The van der Waals surface area contributed by atoms with E-state index >= 15 is 0 Å². The van der Waals surface area contributed by atoms with Crippen LogP contribution in [0.25, 0.3) is 0 Å². The van der Waals surface area contributed by atoms with Gasteiger partial charge in [-0.05, 0) is 52.2 Å². The van der Waals surface area contributed by atoms with Crippen molar-refractivity contribution in [1.29, 1.82) is 0 Å². The van der Waals surface area contributed by atoms with Crippen LogP contribution in [0.1, 0.15) is 37.3 Å². The average molecular weight is 268 g/mol. The summed E-state index contributed by atoms with van der Waals surface area (Å²) in [6.07, 6.45) is 4.27. The maximum atomic E-state index is 14.1. The molecule has 1 saturated carbocycles. The third kappa shape index (κ3) is 2.51. The van der Waals surface area contributed by atoms with Gasteiger partial charge < -0.3 is 10.2 Å². The summed E-state index contributed by atoms with van der Waals surface area (Å²) in [5.41, 5.74) is 0.293. The lowest BCUT2D eigenvalue weighted by Gasteiger charge is -2.43. The first-order valence-corrected chi connectivity index (χ1v) is 6.81. The molecule has 1 aliphatic rings. The van der Waals surface area contributed by atoms with Gasteiger partial charge in [0.25, 0.3) is 0 Å². The fourth-order valence-electron chi connectivity index (χ4n) is 3.43. The molecule has 1 unspecified atom stereocenters. The predicted octanol–water partition coefficient (Wildman–Crippen LogP) is 3.10. The van der Waals surface area contributed by atoms with Crippen molar-refractivity contribution in [3.05, 3.63) is 35.4 Å². The SMILES string of the molecule is CNC(c1cc(F)ccc1F)C1(N(C)C)CCCC1. The molecule has 4 heteroatoms. The Morgan fingerprint density at radius 2 is 1.84 bits per heavy atom. The predicted molar refractivity (Wildman–Crippen MR) is 73.0 cm³/mol. The molecule has 0 spiro atoms. The van der Waals surface area contributed by atoms with Crippen LogP contribution < -0.4 is 5.32 Å². The van der Waals surface area contributed by atoms with Crippen molar-refractivity contribution in [2.75, 3.05) is 21.1 Å². The number of hydrogen-bond acceptors (Lipinski definition) is 2. The molecule has 1 N–H and O–H groups in total. The second-order valence-electron chi connectivity index (χ2n) is 5.59. The summed E-state index contributed by atoms with van der Waals surface area (Å²) in [7, 11) is 5.86. The molecule has 106 valence electrons. The van der Waals surface area contributed by atoms with E-state index in [4.69, 9.17) is 0 Å². The third-order valence-electron chi connectivity index (χ3n) is 4.46. The number of likely N-dealkylation sites (N-methyl/N-ethyl adjacent to an activating group) is 2. The van der Waals surface area contributed by atoms with Gasteiger partial charge in [-0.3, -0.25) is 0 Å². The number of benzene rings is 1. The Labute approximate surface area is 113 Å². The van der Waals surface area contributed by atoms with E-state index in [0.29, 0.717) is 5.56 Å². The highest BCUT2D eigenvalue weighted by atomic mass is 19.1. The van der Waals surface area contributed by atoms with E-state index in [-0.39, 0.29) is 23.2 Å². The Hall–Kier alpha value is -1.00. The van der Waals surface area contributed by atoms with Crippen molar-refractivity contribution in [3.8, 4) is 0 Å². The zero-order valence-corrected chi connectivity index (χ0v) is 11.8. The van der Waals surface area contributed by atoms with Gasteiger partial charge in [0.05, 0.1) is 6.04 Å². The lowest BCUT2D eigenvalue weighted by molar-refractivity contribution is 0.106. The van der Waals surface area contributed by atoms with Crippen molar-refractivity contribution in [2.24, 2.45) is 0 Å². The normalized spacial score (nSPS) is 19.9. The van der Waals surface area contributed by atoms with Crippen LogP contribution in [-0.4, -0.2) is 31.6 Å². The minimum absolute atomic E-state index is 0.136. The van der Waals surface area contributed by atoms with Gasteiger partial charge in [-0.1, -0.05) is 12.8 Å². The summed E-state index contributed by atoms with van der Waals surface area (Å²) in [4.78, 5) is 2.16. The molecular formula is C15H22F2N2. The van der Waals surface area contributed by atoms with Gasteiger partial charge in [0.2, 0.25) is 0 Å². The number of halogens is 2. The van der Waals surface area contributed by atoms with E-state index in [1.165, 1.54) is 18.2 Å². The molecule has 19 heavy (non-hydrogen) atoms. The summed E-state index contributed by atoms with van der Waals surface area (Å²) < 4.78 is 27.5. The van der Waals surface area contributed by atoms with E-state index in [1.54, 1.807) is 0 Å². The Balaban J connectivity index is 2.45. The number of hydrogen-bond donors (Lipinski definition) is 1. The number of rotatable bonds is 4. The van der Waals surface area contributed by atoms with E-state index in [2.05, 4.69) is 10.2 Å². The molecule has 0 radical (unpaired) electrons. The summed E-state index contributed by atoms with van der Waals surface area (Å²) in [6.45, 7) is 0. The van der Waals surface area contributed by atoms with Gasteiger partial charge >= 0.3 is 0 Å². The topological polar surface area (TPSA) is 15.3 Å². The van der Waals surface area contributed by atoms with Crippen LogP contribution >= 0.6 is 0 Å². The lowest BCUT2D eigenvalue weighted by atomic mass is 9.82. The smallest absolute Gasteiger partial charge is 0.128 e. The highest BCUT2D eigenvalue weighted by Crippen LogP contribution is 2.43. The Bertz CT molecular complexity index is 440. The molecule has 1 fully saturated rings. The van der Waals surface area contributed by atoms with E-state index in [1.807, 2.05) is 21.1 Å². The van der Waals surface area contributed by atoms with Gasteiger partial charge in [-0.15, -0.1) is 0 Å². The molecule has 0 aromatic heterocycles. The second kappa shape index (κ2) is 5.55. The monoisotopic (exact) mass is 268 g/mol. The summed E-state index contributed by atoms with van der Waals surface area (Å²) in [6, 6.07) is 3.51. The first-order valence-electron chi connectivity index (χ1n) is 6.81. The highest BCUT2D eigenvalue weighted by Gasteiger charge is 2.44. The lowest BCUT2D eigenvalue weighted by Crippen LogP contribution is -2.51. The van der Waals surface area contributed by atoms with E-state index in [9.17, 15) is 8.78 Å². The van der Waals surface area contributed by atoms with Gasteiger partial charge in [-0.25, -0.2) is 8.78 Å². The molecule has 2 nitrogen and oxygen atoms in total. The van der Waals surface area contributed by atoms with Gasteiger partial charge in [-0.2, -0.15) is 0 Å². The van der Waals surface area contributed by atoms with Crippen LogP contribution in [-0.2, 0) is 0 Å². The van der Waals surface area contributed by atoms with Crippen LogP contribution in [0.15, 0.2) is 18.2 Å². The fourth-order valence-corrected chi connectivity index (χ4v) is 3.43. The standard InChI is InChI=1S/C15H22F2N2/c1-18-14(12-10-11(16)6-7-13(12)17)15(19(2)3)8-4-5-9-15/h6-7,10,14,18H,4-5,8-9H2,1-3H3. The largest absolute Gasteiger partial charge is 0.311 e. The first-order chi connectivity index (χ1) is 9.01. The Kier molecular flexibility index (Phi) is 4.21. The molecule has 0 amide bonds. The molecule has 1 aliphatic carbocycles. The summed E-state index contributed by atoms with van der Waals surface area (Å²) in [5, 5.41) is 3.20. The third-order valence-corrected chi connectivity index (χ3v) is 4.46. The van der Waals surface area contributed by atoms with Crippen molar-refractivity contribution >= 4 is 0 Å². The van der Waals surface area contributed by atoms with E-state index in [0.717, 1.165) is 25.7 Å². The van der Waals surface area contributed by atoms with Crippen molar-refractivity contribution in [2.45, 2.75) is 37.3 Å². The second-order valence-corrected chi connectivity index (χ2v) is 5.59. The van der Waals surface area contributed by atoms with Crippen molar-refractivity contribution in [1.82, 2.24) is 10.2 Å². The molecular weight excluding hydrogens is 246 g/mol. The van der Waals surface area contributed by atoms with Gasteiger partial charge in [0.1, 0.15) is 11.6 Å². The van der Waals surface area contributed by atoms with Crippen LogP contribution in [0.4, 0.5) is 8.78 Å². The molecule has 2 rings (SSSR count). The zero-order valence-electron chi connectivity index (χ0n) is 11.8. The number of nitrogens with one attached hydrogen (secondary N) is 1. The average Bonchev–Trinajstić information content (AvgIpc) is 2.85. The van der Waals surface area contributed by atoms with Gasteiger partial charge in [0, 0.05) is 11.1 Å². The fraction of sp³-hybridized carbons (Fsp3) is 0.600. The molecule has 0 aliphatic heterocycles. The van der Waals surface area contributed by atoms with E-state index < -0.39 is 0 Å². The minimum atomic E-state index is -0.386. The molecule has 1 aromatic rings. The Morgan fingerprint density at radius 1 is 1.21 bits per heavy atom. The summed E-state index contributed by atoms with van der Waals surface area (Å²) >= 11 is 0. The summed E-state index contributed by atoms with van der Waals surface area (Å²) in [5.74, 6) is -0.725. The molecule has 0 heterocycles. The molecule has 1 aromatic carbocycles. The highest BCUT2D eigenvalue weighted by molar-refractivity contribution is 5.27. The quantitative estimate of drug-likeness (QED) is 0.902. The minimum Gasteiger partial charge on any atom is -0.311 e. The van der Waals surface area contributed by atoms with Crippen molar-refractivity contribution in [3.63, 3.8) is 0 Å². The van der Waals surface area contributed by atoms with Crippen molar-refractivity contribution < 1.29 is 8.78 Å². The van der Waals surface area contributed by atoms with Crippen LogP contribution in [0, 0.1) is 11.6 Å². The van der Waals surface area contributed by atoms with Crippen LogP contribution in [0.2, 0.25) is 0 Å². The Morgan fingerprint density at radius 3 is 2.37 bits per heavy atom. The van der Waals surface area contributed by atoms with Crippen LogP contribution in [0.3, 0.4) is 0 Å². The van der Waals surface area contributed by atoms with Gasteiger partial charge in [0.15, 0.2) is 0 Å². The molecule has 1 atom stereocenters. The molecule has 0 bridgehead atoms. The zero-order chi connectivity index (χ0) is 14.0. The maximum absolute atomic E-state index is 14.1. The first kappa shape index (κ1) is 14.4. The molecule has 0 saturated heterocycles. The maximum Gasteiger partial charge on any atom is 0.128 e. The van der Waals surface area contributed by atoms with Crippen LogP contribution in [0.5, 0.6) is 0 Å². The number of nitrogens with zero attached hydrogens (tertiary/aromatic N) is 1.